The number of benzene rings is 1. The third-order valence-electron chi connectivity index (χ3n) is 4.67. The van der Waals surface area contributed by atoms with Crippen molar-refractivity contribution < 1.29 is 28.0 Å². The predicted molar refractivity (Wildman–Crippen MR) is 112 cm³/mol. The van der Waals surface area contributed by atoms with Crippen molar-refractivity contribution in [1.29, 1.82) is 0 Å². The quantitative estimate of drug-likeness (QED) is 0.539. The van der Waals surface area contributed by atoms with Gasteiger partial charge >= 0.3 is 0 Å². The molecule has 3 aromatic rings. The van der Waals surface area contributed by atoms with Crippen molar-refractivity contribution in [2.75, 3.05) is 14.2 Å². The van der Waals surface area contributed by atoms with Crippen LogP contribution in [0.5, 0.6) is 11.5 Å². The first kappa shape index (κ1) is 21.9. The van der Waals surface area contributed by atoms with E-state index in [-0.39, 0.29) is 24.1 Å². The maximum Gasteiger partial charge on any atom is 0.274 e. The van der Waals surface area contributed by atoms with Crippen molar-refractivity contribution in [2.24, 2.45) is 5.92 Å². The number of hydrogen-bond donors (Lipinski definition) is 2. The average molecular weight is 427 g/mol. The molecule has 0 spiro atoms. The minimum Gasteiger partial charge on any atom is -0.497 e. The van der Waals surface area contributed by atoms with Crippen molar-refractivity contribution in [1.82, 2.24) is 15.8 Å². The Morgan fingerprint density at radius 1 is 1.13 bits per heavy atom. The normalized spacial score (nSPS) is 11.8. The Bertz CT molecular complexity index is 1030. The Balaban J connectivity index is 1.72. The molecule has 2 heterocycles. The molecule has 0 radical (unpaired) electrons. The van der Waals surface area contributed by atoms with E-state index in [1.165, 1.54) is 19.4 Å². The minimum absolute atomic E-state index is 0.0457. The summed E-state index contributed by atoms with van der Waals surface area (Å²) in [5, 5.41) is 9.33. The second-order valence-corrected chi connectivity index (χ2v) is 7.13. The number of carbonyl (C=O) groups excluding carboxylic acids is 2. The minimum atomic E-state index is -0.756. The van der Waals surface area contributed by atoms with Crippen molar-refractivity contribution >= 4 is 11.8 Å². The highest BCUT2D eigenvalue weighted by Gasteiger charge is 2.26. The fraction of sp³-hybridized carbons (Fsp3) is 0.318. The van der Waals surface area contributed by atoms with Gasteiger partial charge in [-0.15, -0.1) is 0 Å². The van der Waals surface area contributed by atoms with Crippen LogP contribution in [0.3, 0.4) is 0 Å². The largest absolute Gasteiger partial charge is 0.497 e. The summed E-state index contributed by atoms with van der Waals surface area (Å²) in [6.07, 6.45) is 1.53. The highest BCUT2D eigenvalue weighted by atomic mass is 16.5. The molecule has 0 aliphatic rings. The van der Waals surface area contributed by atoms with E-state index in [4.69, 9.17) is 18.4 Å². The summed E-state index contributed by atoms with van der Waals surface area (Å²) in [5.74, 6) is 1.11. The molecule has 0 unspecified atom stereocenters. The highest BCUT2D eigenvalue weighted by molar-refractivity contribution is 5.96. The van der Waals surface area contributed by atoms with Crippen LogP contribution in [0.4, 0.5) is 0 Å². The van der Waals surface area contributed by atoms with Gasteiger partial charge in [-0.25, -0.2) is 0 Å². The lowest BCUT2D eigenvalue weighted by atomic mass is 10.0. The van der Waals surface area contributed by atoms with Crippen LogP contribution >= 0.6 is 0 Å². The van der Waals surface area contributed by atoms with Gasteiger partial charge in [0.05, 0.1) is 32.6 Å². The van der Waals surface area contributed by atoms with Crippen molar-refractivity contribution in [3.63, 3.8) is 0 Å². The van der Waals surface area contributed by atoms with E-state index in [1.807, 2.05) is 13.8 Å². The molecule has 164 valence electrons. The van der Waals surface area contributed by atoms with Gasteiger partial charge in [0.15, 0.2) is 11.5 Å². The average Bonchev–Trinajstić information content (AvgIpc) is 3.47. The third kappa shape index (κ3) is 5.25. The molecule has 3 rings (SSSR count). The molecule has 2 aromatic heterocycles. The van der Waals surface area contributed by atoms with Gasteiger partial charge in [-0.1, -0.05) is 19.0 Å². The topological polar surface area (TPSA) is 116 Å². The van der Waals surface area contributed by atoms with E-state index in [1.54, 1.807) is 37.4 Å². The number of nitrogens with zero attached hydrogens (tertiary/aromatic N) is 1. The summed E-state index contributed by atoms with van der Waals surface area (Å²) in [4.78, 5) is 25.3. The number of aromatic nitrogens is 1. The van der Waals surface area contributed by atoms with Crippen LogP contribution in [0.25, 0.3) is 11.3 Å². The summed E-state index contributed by atoms with van der Waals surface area (Å²) in [5.41, 5.74) is 0.634. The summed E-state index contributed by atoms with van der Waals surface area (Å²) in [6, 6.07) is 9.43. The van der Waals surface area contributed by atoms with Crippen LogP contribution in [-0.2, 0) is 11.3 Å². The second-order valence-electron chi connectivity index (χ2n) is 7.13. The maximum atomic E-state index is 12.7. The maximum absolute atomic E-state index is 12.7. The Kier molecular flexibility index (Phi) is 6.96. The highest BCUT2D eigenvalue weighted by Crippen LogP contribution is 2.33. The van der Waals surface area contributed by atoms with Crippen molar-refractivity contribution in [3.8, 4) is 22.8 Å². The van der Waals surface area contributed by atoms with E-state index in [2.05, 4.69) is 15.8 Å². The zero-order valence-corrected chi connectivity index (χ0v) is 17.8. The fourth-order valence-corrected chi connectivity index (χ4v) is 2.96. The van der Waals surface area contributed by atoms with Gasteiger partial charge in [0.25, 0.3) is 5.91 Å². The molecule has 0 fully saturated rings. The molecule has 1 atom stereocenters. The molecule has 9 nitrogen and oxygen atoms in total. The molecular weight excluding hydrogens is 402 g/mol. The van der Waals surface area contributed by atoms with Gasteiger partial charge < -0.3 is 29.0 Å². The standard InChI is InChI=1S/C22H25N3O6/c1-13(2)20(22(27)23-12-15-6-5-9-30-15)24-21(26)17-11-19(31-25-17)16-10-14(28-3)7-8-18(16)29-4/h5-11,13,20H,12H2,1-4H3,(H,23,27)(H,24,26)/t20-/m1/s1. The van der Waals surface area contributed by atoms with E-state index in [0.29, 0.717) is 28.6 Å². The molecule has 0 saturated carbocycles. The summed E-state index contributed by atoms with van der Waals surface area (Å²) in [6.45, 7) is 3.91. The number of carbonyl (C=O) groups is 2. The fourth-order valence-electron chi connectivity index (χ4n) is 2.96. The predicted octanol–water partition coefficient (Wildman–Crippen LogP) is 3.02. The molecule has 1 aromatic carbocycles. The Hall–Kier alpha value is -3.75. The molecular formula is C22H25N3O6. The zero-order valence-electron chi connectivity index (χ0n) is 17.8. The smallest absolute Gasteiger partial charge is 0.274 e. The molecule has 0 saturated heterocycles. The Labute approximate surface area is 179 Å². The third-order valence-corrected chi connectivity index (χ3v) is 4.67. The molecule has 9 heteroatoms. The van der Waals surface area contributed by atoms with Crippen LogP contribution in [0.2, 0.25) is 0 Å². The van der Waals surface area contributed by atoms with E-state index in [9.17, 15) is 9.59 Å². The van der Waals surface area contributed by atoms with Gasteiger partial charge in [0.2, 0.25) is 5.91 Å². The molecule has 0 bridgehead atoms. The van der Waals surface area contributed by atoms with Gasteiger partial charge in [0, 0.05) is 6.07 Å². The number of furan rings is 1. The van der Waals surface area contributed by atoms with E-state index < -0.39 is 11.9 Å². The van der Waals surface area contributed by atoms with Crippen LogP contribution in [0, 0.1) is 5.92 Å². The van der Waals surface area contributed by atoms with E-state index >= 15 is 0 Å². The SMILES string of the molecule is COc1ccc(OC)c(-c2cc(C(=O)N[C@@H](C(=O)NCc3ccco3)C(C)C)no2)c1. The van der Waals surface area contributed by atoms with Gasteiger partial charge in [-0.3, -0.25) is 9.59 Å². The molecule has 0 aliphatic heterocycles. The van der Waals surface area contributed by atoms with Crippen molar-refractivity contribution in [3.05, 3.63) is 54.1 Å². The number of hydrogen-bond acceptors (Lipinski definition) is 7. The number of ether oxygens (including phenoxy) is 2. The Morgan fingerprint density at radius 2 is 1.94 bits per heavy atom. The Morgan fingerprint density at radius 3 is 2.58 bits per heavy atom. The molecule has 0 aliphatic carbocycles. The van der Waals surface area contributed by atoms with Gasteiger partial charge in [0.1, 0.15) is 23.3 Å². The van der Waals surface area contributed by atoms with Gasteiger partial charge in [-0.05, 0) is 36.2 Å². The number of amides is 2. The lowest BCUT2D eigenvalue weighted by Crippen LogP contribution is -2.49. The first-order valence-corrected chi connectivity index (χ1v) is 9.73. The van der Waals surface area contributed by atoms with E-state index in [0.717, 1.165) is 0 Å². The monoisotopic (exact) mass is 427 g/mol. The molecule has 2 amide bonds. The van der Waals surface area contributed by atoms with Crippen LogP contribution in [-0.4, -0.2) is 37.2 Å². The first-order valence-electron chi connectivity index (χ1n) is 9.73. The molecule has 31 heavy (non-hydrogen) atoms. The summed E-state index contributed by atoms with van der Waals surface area (Å²) < 4.78 is 21.2. The number of nitrogens with one attached hydrogen (secondary N) is 2. The summed E-state index contributed by atoms with van der Waals surface area (Å²) >= 11 is 0. The zero-order chi connectivity index (χ0) is 22.4. The second kappa shape index (κ2) is 9.84. The number of methoxy groups -OCH3 is 2. The lowest BCUT2D eigenvalue weighted by molar-refractivity contribution is -0.124. The molecule has 2 N–H and O–H groups in total. The van der Waals surface area contributed by atoms with Crippen LogP contribution in [0.15, 0.2) is 51.6 Å². The van der Waals surface area contributed by atoms with Crippen LogP contribution in [0.1, 0.15) is 30.1 Å². The van der Waals surface area contributed by atoms with Crippen molar-refractivity contribution in [2.45, 2.75) is 26.4 Å². The van der Waals surface area contributed by atoms with Gasteiger partial charge in [-0.2, -0.15) is 0 Å². The van der Waals surface area contributed by atoms with Crippen LogP contribution < -0.4 is 20.1 Å². The lowest BCUT2D eigenvalue weighted by Gasteiger charge is -2.20. The summed E-state index contributed by atoms with van der Waals surface area (Å²) in [7, 11) is 3.08. The first-order chi connectivity index (χ1) is 14.9. The number of rotatable bonds is 9.